The zero-order valence-electron chi connectivity index (χ0n) is 16.9. The van der Waals surface area contributed by atoms with Crippen LogP contribution in [0.15, 0.2) is 24.3 Å². The van der Waals surface area contributed by atoms with Crippen LogP contribution in [0.1, 0.15) is 66.3 Å². The molecule has 2 atom stereocenters. The molecule has 0 aliphatic heterocycles. The number of hydrogen-bond acceptors (Lipinski definition) is 3. The van der Waals surface area contributed by atoms with Crippen LogP contribution in [0.3, 0.4) is 0 Å². The fourth-order valence-electron chi connectivity index (χ4n) is 4.06. The Morgan fingerprint density at radius 3 is 2.50 bits per heavy atom. The first kappa shape index (κ1) is 20.1. The molecule has 0 spiro atoms. The molecule has 6 nitrogen and oxygen atoms in total. The van der Waals surface area contributed by atoms with Crippen LogP contribution in [-0.2, 0) is 11.2 Å². The third-order valence-electron chi connectivity index (χ3n) is 5.83. The molecule has 1 amide bonds. The smallest absolute Gasteiger partial charge is 0.303 e. The zero-order valence-corrected chi connectivity index (χ0v) is 16.9. The van der Waals surface area contributed by atoms with Gasteiger partial charge in [0.1, 0.15) is 0 Å². The lowest BCUT2D eigenvalue weighted by molar-refractivity contribution is -0.136. The SMILES string of the molecule is Cc1nn(-c2ccc(C(=O)NC3CCCCC3C)cc2)c(C)c1CCC(=O)O. The summed E-state index contributed by atoms with van der Waals surface area (Å²) in [6.45, 7) is 6.05. The van der Waals surface area contributed by atoms with Gasteiger partial charge >= 0.3 is 5.97 Å². The second-order valence-corrected chi connectivity index (χ2v) is 7.84. The van der Waals surface area contributed by atoms with Gasteiger partial charge in [-0.2, -0.15) is 5.10 Å². The second-order valence-electron chi connectivity index (χ2n) is 7.84. The van der Waals surface area contributed by atoms with E-state index in [1.807, 2.05) is 42.8 Å². The first-order valence-electron chi connectivity index (χ1n) is 10.0. The molecule has 1 aliphatic carbocycles. The minimum Gasteiger partial charge on any atom is -0.481 e. The van der Waals surface area contributed by atoms with Crippen molar-refractivity contribution in [2.24, 2.45) is 5.92 Å². The van der Waals surface area contributed by atoms with Crippen LogP contribution in [0.4, 0.5) is 0 Å². The lowest BCUT2D eigenvalue weighted by Gasteiger charge is -2.29. The molecule has 0 bridgehead atoms. The summed E-state index contributed by atoms with van der Waals surface area (Å²) < 4.78 is 1.82. The fraction of sp³-hybridized carbons (Fsp3) is 0.500. The molecule has 1 aromatic carbocycles. The molecule has 1 aromatic heterocycles. The highest BCUT2D eigenvalue weighted by Crippen LogP contribution is 2.24. The van der Waals surface area contributed by atoms with Gasteiger partial charge in [0.15, 0.2) is 0 Å². The van der Waals surface area contributed by atoms with Gasteiger partial charge in [-0.25, -0.2) is 4.68 Å². The number of hydrogen-bond donors (Lipinski definition) is 2. The van der Waals surface area contributed by atoms with Crippen LogP contribution in [0.25, 0.3) is 5.69 Å². The Morgan fingerprint density at radius 1 is 1.18 bits per heavy atom. The van der Waals surface area contributed by atoms with Gasteiger partial charge in [-0.1, -0.05) is 19.8 Å². The van der Waals surface area contributed by atoms with Crippen molar-refractivity contribution in [3.63, 3.8) is 0 Å². The molecule has 1 saturated carbocycles. The second kappa shape index (κ2) is 8.59. The molecule has 0 radical (unpaired) electrons. The van der Waals surface area contributed by atoms with Gasteiger partial charge in [0.05, 0.1) is 11.4 Å². The first-order valence-corrected chi connectivity index (χ1v) is 10.0. The summed E-state index contributed by atoms with van der Waals surface area (Å²) >= 11 is 0. The van der Waals surface area contributed by atoms with E-state index in [4.69, 9.17) is 5.11 Å². The van der Waals surface area contributed by atoms with E-state index in [1.54, 1.807) is 0 Å². The fourth-order valence-corrected chi connectivity index (χ4v) is 4.06. The number of amides is 1. The van der Waals surface area contributed by atoms with E-state index in [1.165, 1.54) is 19.3 Å². The van der Waals surface area contributed by atoms with Crippen LogP contribution >= 0.6 is 0 Å². The van der Waals surface area contributed by atoms with E-state index in [-0.39, 0.29) is 18.4 Å². The molecule has 150 valence electrons. The minimum atomic E-state index is -0.811. The molecule has 2 unspecified atom stereocenters. The maximum Gasteiger partial charge on any atom is 0.303 e. The van der Waals surface area contributed by atoms with Gasteiger partial charge in [-0.15, -0.1) is 0 Å². The van der Waals surface area contributed by atoms with Crippen molar-refractivity contribution in [2.75, 3.05) is 0 Å². The lowest BCUT2D eigenvalue weighted by atomic mass is 9.86. The van der Waals surface area contributed by atoms with Gasteiger partial charge < -0.3 is 10.4 Å². The van der Waals surface area contributed by atoms with Crippen molar-refractivity contribution < 1.29 is 14.7 Å². The van der Waals surface area contributed by atoms with E-state index in [0.29, 0.717) is 17.9 Å². The molecule has 1 heterocycles. The van der Waals surface area contributed by atoms with Gasteiger partial charge in [0.25, 0.3) is 5.91 Å². The quantitative estimate of drug-likeness (QED) is 0.794. The normalized spacial score (nSPS) is 19.4. The van der Waals surface area contributed by atoms with E-state index < -0.39 is 5.97 Å². The summed E-state index contributed by atoms with van der Waals surface area (Å²) in [5.41, 5.74) is 4.26. The van der Waals surface area contributed by atoms with E-state index in [9.17, 15) is 9.59 Å². The molecule has 0 saturated heterocycles. The number of aromatic nitrogens is 2. The molecule has 6 heteroatoms. The largest absolute Gasteiger partial charge is 0.481 e. The summed E-state index contributed by atoms with van der Waals surface area (Å²) in [5, 5.41) is 16.7. The Bertz CT molecular complexity index is 855. The Hall–Kier alpha value is -2.63. The number of nitrogens with one attached hydrogen (secondary N) is 1. The number of nitrogens with zero attached hydrogens (tertiary/aromatic N) is 2. The number of benzene rings is 1. The van der Waals surface area contributed by atoms with Crippen molar-refractivity contribution >= 4 is 11.9 Å². The number of carboxylic acid groups (broad SMARTS) is 1. The van der Waals surface area contributed by atoms with Crippen molar-refractivity contribution in [3.8, 4) is 5.69 Å². The molecule has 1 fully saturated rings. The summed E-state index contributed by atoms with van der Waals surface area (Å²) in [6, 6.07) is 7.68. The summed E-state index contributed by atoms with van der Waals surface area (Å²) in [7, 11) is 0. The average Bonchev–Trinajstić information content (AvgIpc) is 2.95. The van der Waals surface area contributed by atoms with Gasteiger partial charge in [-0.05, 0) is 68.9 Å². The Kier molecular flexibility index (Phi) is 6.17. The topological polar surface area (TPSA) is 84.2 Å². The van der Waals surface area contributed by atoms with Crippen molar-refractivity contribution in [1.82, 2.24) is 15.1 Å². The average molecular weight is 383 g/mol. The highest BCUT2D eigenvalue weighted by Gasteiger charge is 2.23. The number of aliphatic carboxylic acids is 1. The number of rotatable bonds is 6. The van der Waals surface area contributed by atoms with E-state index in [2.05, 4.69) is 17.3 Å². The van der Waals surface area contributed by atoms with Crippen LogP contribution in [-0.4, -0.2) is 32.8 Å². The summed E-state index contributed by atoms with van der Waals surface area (Å²) in [6.07, 6.45) is 5.21. The third-order valence-corrected chi connectivity index (χ3v) is 5.83. The van der Waals surface area contributed by atoms with Crippen LogP contribution < -0.4 is 5.32 Å². The van der Waals surface area contributed by atoms with E-state index >= 15 is 0 Å². The molecule has 3 rings (SSSR count). The van der Waals surface area contributed by atoms with Crippen LogP contribution in [0, 0.1) is 19.8 Å². The molecule has 1 aliphatic rings. The molecule has 2 N–H and O–H groups in total. The Morgan fingerprint density at radius 2 is 1.86 bits per heavy atom. The monoisotopic (exact) mass is 383 g/mol. The molecule has 28 heavy (non-hydrogen) atoms. The van der Waals surface area contributed by atoms with Gasteiger partial charge in [0.2, 0.25) is 0 Å². The summed E-state index contributed by atoms with van der Waals surface area (Å²) in [5.74, 6) is -0.314. The number of aryl methyl sites for hydroxylation is 1. The Balaban J connectivity index is 1.73. The van der Waals surface area contributed by atoms with Crippen molar-refractivity contribution in [3.05, 3.63) is 46.8 Å². The lowest BCUT2D eigenvalue weighted by Crippen LogP contribution is -2.41. The molecular formula is C22H29N3O3. The van der Waals surface area contributed by atoms with Gasteiger partial charge in [0, 0.05) is 23.7 Å². The standard InChI is InChI=1S/C22H29N3O3/c1-14-6-4-5-7-20(14)23-22(28)17-8-10-18(11-9-17)25-16(3)19(15(2)24-25)12-13-21(26)27/h8-11,14,20H,4-7,12-13H2,1-3H3,(H,23,28)(H,26,27). The third kappa shape index (κ3) is 4.43. The van der Waals surface area contributed by atoms with E-state index in [0.717, 1.165) is 29.1 Å². The number of carbonyl (C=O) groups excluding carboxylic acids is 1. The van der Waals surface area contributed by atoms with Crippen LogP contribution in [0.2, 0.25) is 0 Å². The maximum absolute atomic E-state index is 12.6. The predicted molar refractivity (Wildman–Crippen MR) is 108 cm³/mol. The number of carboxylic acids is 1. The van der Waals surface area contributed by atoms with Crippen molar-refractivity contribution in [2.45, 2.75) is 65.3 Å². The van der Waals surface area contributed by atoms with Crippen molar-refractivity contribution in [1.29, 1.82) is 0 Å². The first-order chi connectivity index (χ1) is 13.4. The maximum atomic E-state index is 12.6. The summed E-state index contributed by atoms with van der Waals surface area (Å²) in [4.78, 5) is 23.5. The Labute approximate surface area is 166 Å². The molecular weight excluding hydrogens is 354 g/mol. The minimum absolute atomic E-state index is 0.0270. The zero-order chi connectivity index (χ0) is 20.3. The van der Waals surface area contributed by atoms with Crippen LogP contribution in [0.5, 0.6) is 0 Å². The highest BCUT2D eigenvalue weighted by molar-refractivity contribution is 5.94. The van der Waals surface area contributed by atoms with Gasteiger partial charge in [-0.3, -0.25) is 9.59 Å². The molecule has 2 aromatic rings. The number of carbonyl (C=O) groups is 2. The highest BCUT2D eigenvalue weighted by atomic mass is 16.4. The predicted octanol–water partition coefficient (Wildman–Crippen LogP) is 3.81.